The molecule has 5 aromatic rings. The standard InChI is InChI=1S/C28H28ClN5O/c1-17(2)27-19(4)34(24-13-14-26(29)30-18(24)3)32-28(27)21-11-8-12-23-22(21)15-33(31-23)16-25(35)20-9-6-5-7-10-20/h5-15,17,25,35H,16H2,1-4H3/t25-/m0/s1. The lowest BCUT2D eigenvalue weighted by Gasteiger charge is -2.10. The largest absolute Gasteiger partial charge is 0.386 e. The number of halogens is 1. The Kier molecular flexibility index (Phi) is 6.17. The van der Waals surface area contributed by atoms with E-state index in [2.05, 4.69) is 31.8 Å². The third-order valence-electron chi connectivity index (χ3n) is 6.39. The number of benzene rings is 2. The lowest BCUT2D eigenvalue weighted by Crippen LogP contribution is -2.08. The second-order valence-corrected chi connectivity index (χ2v) is 9.56. The van der Waals surface area contributed by atoms with E-state index in [-0.39, 0.29) is 5.92 Å². The van der Waals surface area contributed by atoms with Gasteiger partial charge in [-0.2, -0.15) is 10.2 Å². The molecule has 3 heterocycles. The van der Waals surface area contributed by atoms with E-state index >= 15 is 0 Å². The molecule has 35 heavy (non-hydrogen) atoms. The van der Waals surface area contributed by atoms with E-state index in [0.717, 1.165) is 44.8 Å². The zero-order chi connectivity index (χ0) is 24.7. The van der Waals surface area contributed by atoms with Gasteiger partial charge in [0, 0.05) is 28.4 Å². The summed E-state index contributed by atoms with van der Waals surface area (Å²) in [5.74, 6) is 0.268. The van der Waals surface area contributed by atoms with Crippen LogP contribution in [0.5, 0.6) is 0 Å². The molecule has 0 aliphatic rings. The monoisotopic (exact) mass is 485 g/mol. The van der Waals surface area contributed by atoms with E-state index in [1.165, 1.54) is 5.56 Å². The van der Waals surface area contributed by atoms with Gasteiger partial charge >= 0.3 is 0 Å². The summed E-state index contributed by atoms with van der Waals surface area (Å²) >= 11 is 6.10. The molecular weight excluding hydrogens is 458 g/mol. The number of hydrogen-bond acceptors (Lipinski definition) is 4. The van der Waals surface area contributed by atoms with Crippen LogP contribution in [-0.2, 0) is 6.54 Å². The summed E-state index contributed by atoms with van der Waals surface area (Å²) in [7, 11) is 0. The molecule has 1 atom stereocenters. The van der Waals surface area contributed by atoms with Gasteiger partial charge in [0.15, 0.2) is 0 Å². The molecule has 3 aromatic heterocycles. The van der Waals surface area contributed by atoms with E-state index in [4.69, 9.17) is 21.8 Å². The van der Waals surface area contributed by atoms with Crippen molar-refractivity contribution in [3.8, 4) is 16.9 Å². The number of pyridine rings is 1. The average Bonchev–Trinajstić information content (AvgIpc) is 3.40. The highest BCUT2D eigenvalue weighted by Gasteiger charge is 2.23. The minimum atomic E-state index is -0.637. The zero-order valence-electron chi connectivity index (χ0n) is 20.3. The number of rotatable bonds is 6. The van der Waals surface area contributed by atoms with Crippen molar-refractivity contribution in [1.29, 1.82) is 0 Å². The molecule has 0 saturated heterocycles. The molecule has 0 radical (unpaired) electrons. The van der Waals surface area contributed by atoms with Crippen molar-refractivity contribution >= 4 is 22.5 Å². The highest BCUT2D eigenvalue weighted by Crippen LogP contribution is 2.36. The Morgan fingerprint density at radius 3 is 2.43 bits per heavy atom. The molecule has 1 N–H and O–H groups in total. The van der Waals surface area contributed by atoms with E-state index in [1.807, 2.05) is 71.0 Å². The van der Waals surface area contributed by atoms with E-state index in [0.29, 0.717) is 11.7 Å². The van der Waals surface area contributed by atoms with Crippen LogP contribution in [0.2, 0.25) is 5.15 Å². The van der Waals surface area contributed by atoms with Crippen LogP contribution >= 0.6 is 11.6 Å². The Bertz CT molecular complexity index is 1500. The van der Waals surface area contributed by atoms with E-state index in [9.17, 15) is 5.11 Å². The van der Waals surface area contributed by atoms with Gasteiger partial charge in [-0.25, -0.2) is 9.67 Å². The van der Waals surface area contributed by atoms with Gasteiger partial charge in [-0.15, -0.1) is 0 Å². The predicted octanol–water partition coefficient (Wildman–Crippen LogP) is 6.41. The van der Waals surface area contributed by atoms with Crippen molar-refractivity contribution in [2.75, 3.05) is 0 Å². The van der Waals surface area contributed by atoms with E-state index < -0.39 is 6.10 Å². The van der Waals surface area contributed by atoms with Crippen LogP contribution in [0.3, 0.4) is 0 Å². The summed E-state index contributed by atoms with van der Waals surface area (Å²) in [6, 6.07) is 19.5. The predicted molar refractivity (Wildman–Crippen MR) is 140 cm³/mol. The van der Waals surface area contributed by atoms with Crippen LogP contribution in [0.4, 0.5) is 0 Å². The molecule has 0 unspecified atom stereocenters. The highest BCUT2D eigenvalue weighted by atomic mass is 35.5. The van der Waals surface area contributed by atoms with Crippen molar-refractivity contribution in [2.45, 2.75) is 46.3 Å². The molecule has 0 fully saturated rings. The van der Waals surface area contributed by atoms with Crippen molar-refractivity contribution in [3.63, 3.8) is 0 Å². The number of aliphatic hydroxyl groups is 1. The van der Waals surface area contributed by atoms with Crippen LogP contribution < -0.4 is 0 Å². The smallest absolute Gasteiger partial charge is 0.129 e. The van der Waals surface area contributed by atoms with Gasteiger partial charge in [-0.3, -0.25) is 4.68 Å². The van der Waals surface area contributed by atoms with Crippen molar-refractivity contribution < 1.29 is 5.11 Å². The fourth-order valence-corrected chi connectivity index (χ4v) is 4.93. The summed E-state index contributed by atoms with van der Waals surface area (Å²) in [4.78, 5) is 4.42. The van der Waals surface area contributed by atoms with Gasteiger partial charge in [-0.1, -0.05) is 67.9 Å². The second-order valence-electron chi connectivity index (χ2n) is 9.17. The van der Waals surface area contributed by atoms with Crippen LogP contribution in [-0.4, -0.2) is 29.7 Å². The minimum absolute atomic E-state index is 0.268. The molecule has 178 valence electrons. The maximum atomic E-state index is 10.7. The number of aromatic nitrogens is 5. The van der Waals surface area contributed by atoms with Crippen molar-refractivity contribution in [2.24, 2.45) is 0 Å². The van der Waals surface area contributed by atoms with Crippen molar-refractivity contribution in [1.82, 2.24) is 24.5 Å². The number of nitrogens with zero attached hydrogens (tertiary/aromatic N) is 5. The summed E-state index contributed by atoms with van der Waals surface area (Å²) in [6.07, 6.45) is 1.37. The summed E-state index contributed by atoms with van der Waals surface area (Å²) in [6.45, 7) is 8.78. The summed E-state index contributed by atoms with van der Waals surface area (Å²) < 4.78 is 3.78. The third-order valence-corrected chi connectivity index (χ3v) is 6.60. The van der Waals surface area contributed by atoms with E-state index in [1.54, 1.807) is 6.07 Å². The number of fused-ring (bicyclic) bond motifs is 1. The Labute approximate surface area is 209 Å². The maximum absolute atomic E-state index is 10.7. The lowest BCUT2D eigenvalue weighted by molar-refractivity contribution is 0.152. The molecule has 0 saturated carbocycles. The molecule has 0 bridgehead atoms. The lowest BCUT2D eigenvalue weighted by atomic mass is 9.95. The molecule has 2 aromatic carbocycles. The normalized spacial score (nSPS) is 12.5. The topological polar surface area (TPSA) is 68.8 Å². The maximum Gasteiger partial charge on any atom is 0.129 e. The molecular formula is C28H28ClN5O. The van der Waals surface area contributed by atoms with Gasteiger partial charge in [0.2, 0.25) is 0 Å². The zero-order valence-corrected chi connectivity index (χ0v) is 21.0. The summed E-state index contributed by atoms with van der Waals surface area (Å²) in [5, 5.41) is 22.0. The highest BCUT2D eigenvalue weighted by molar-refractivity contribution is 6.29. The first-order valence-corrected chi connectivity index (χ1v) is 12.1. The summed E-state index contributed by atoms with van der Waals surface area (Å²) in [5.41, 5.74) is 7.69. The number of hydrogen-bond donors (Lipinski definition) is 1. The first kappa shape index (κ1) is 23.3. The minimum Gasteiger partial charge on any atom is -0.386 e. The molecule has 0 spiro atoms. The second kappa shape index (κ2) is 9.29. The van der Waals surface area contributed by atoms with Crippen LogP contribution in [0.25, 0.3) is 27.8 Å². The van der Waals surface area contributed by atoms with Gasteiger partial charge in [-0.05, 0) is 43.5 Å². The van der Waals surface area contributed by atoms with Crippen LogP contribution in [0.15, 0.2) is 66.9 Å². The van der Waals surface area contributed by atoms with Gasteiger partial charge in [0.1, 0.15) is 5.15 Å². The fourth-order valence-electron chi connectivity index (χ4n) is 4.74. The van der Waals surface area contributed by atoms with Crippen molar-refractivity contribution in [3.05, 3.63) is 94.5 Å². The first-order chi connectivity index (χ1) is 16.8. The van der Waals surface area contributed by atoms with Crippen LogP contribution in [0, 0.1) is 13.8 Å². The van der Waals surface area contributed by atoms with Gasteiger partial charge in [0.25, 0.3) is 0 Å². The molecule has 7 heteroatoms. The Hall–Kier alpha value is -3.48. The first-order valence-electron chi connectivity index (χ1n) is 11.8. The van der Waals surface area contributed by atoms with Crippen LogP contribution in [0.1, 0.15) is 48.4 Å². The molecule has 5 rings (SSSR count). The number of aliphatic hydroxyl groups excluding tert-OH is 1. The molecule has 0 aliphatic carbocycles. The average molecular weight is 486 g/mol. The molecule has 6 nitrogen and oxygen atoms in total. The Morgan fingerprint density at radius 1 is 0.943 bits per heavy atom. The quantitative estimate of drug-likeness (QED) is 0.282. The Balaban J connectivity index is 1.61. The Morgan fingerprint density at radius 2 is 1.71 bits per heavy atom. The molecule has 0 amide bonds. The van der Waals surface area contributed by atoms with Gasteiger partial charge < -0.3 is 5.11 Å². The molecule has 0 aliphatic heterocycles. The fraction of sp³-hybridized carbons (Fsp3) is 0.250. The number of aryl methyl sites for hydroxylation is 1. The SMILES string of the molecule is Cc1nc(Cl)ccc1-n1nc(-c2cccc3nn(C[C@H](O)c4ccccc4)cc23)c(C(C)C)c1C. The van der Waals surface area contributed by atoms with Gasteiger partial charge in [0.05, 0.1) is 35.2 Å². The third kappa shape index (κ3) is 4.35.